The van der Waals surface area contributed by atoms with E-state index in [1.165, 1.54) is 32.0 Å². The van der Waals surface area contributed by atoms with Crippen molar-refractivity contribution in [1.82, 2.24) is 13.7 Å². The fourth-order valence-electron chi connectivity index (χ4n) is 5.02. The lowest BCUT2D eigenvalue weighted by molar-refractivity contribution is -0.138. The van der Waals surface area contributed by atoms with Gasteiger partial charge in [-0.2, -0.15) is 18.9 Å². The molecule has 0 radical (unpaired) electrons. The highest BCUT2D eigenvalue weighted by Crippen LogP contribution is 2.47. The number of thiazole rings is 3. The number of fused-ring (bicyclic) bond motifs is 1. The molecule has 1 aromatic carbocycles. The molecule has 0 fully saturated rings. The number of rotatable bonds is 10. The second kappa shape index (κ2) is 15.2. The Morgan fingerprint density at radius 1 is 0.923 bits per heavy atom. The van der Waals surface area contributed by atoms with Crippen LogP contribution in [0.1, 0.15) is 6.42 Å². The zero-order valence-electron chi connectivity index (χ0n) is 26.8. The Bertz CT molecular complexity index is 2890. The molecule has 17 nitrogen and oxygen atoms in total. The summed E-state index contributed by atoms with van der Waals surface area (Å²) >= 11 is 3.40. The number of nitriles is 2. The van der Waals surface area contributed by atoms with E-state index in [4.69, 9.17) is 4.74 Å². The molecule has 0 spiro atoms. The van der Waals surface area contributed by atoms with Crippen molar-refractivity contribution in [2.45, 2.75) is 24.4 Å². The molecule has 22 heteroatoms. The van der Waals surface area contributed by atoms with Gasteiger partial charge in [0, 0.05) is 24.6 Å². The summed E-state index contributed by atoms with van der Waals surface area (Å²) in [7, 11) is -1.46. The maximum Gasteiger partial charge on any atom is 0.323 e. The van der Waals surface area contributed by atoms with E-state index in [0.717, 1.165) is 29.9 Å². The number of benzene rings is 1. The van der Waals surface area contributed by atoms with Gasteiger partial charge in [0.05, 0.1) is 28.1 Å². The lowest BCUT2D eigenvalue weighted by atomic mass is 10.2. The second-order valence-corrected chi connectivity index (χ2v) is 16.3. The number of carbonyl (C=O) groups is 2. The van der Waals surface area contributed by atoms with Crippen LogP contribution in [0.4, 0.5) is 5.69 Å². The van der Waals surface area contributed by atoms with Gasteiger partial charge in [-0.15, -0.1) is 34.0 Å². The van der Waals surface area contributed by atoms with Crippen LogP contribution in [0.2, 0.25) is 0 Å². The summed E-state index contributed by atoms with van der Waals surface area (Å²) in [6, 6.07) is 8.63. The number of anilines is 1. The molecular weight excluding hydrogens is 781 g/mol. The van der Waals surface area contributed by atoms with Crippen LogP contribution in [0.3, 0.4) is 0 Å². The number of hydrogen-bond donors (Lipinski definition) is 3. The predicted molar refractivity (Wildman–Crippen MR) is 191 cm³/mol. The van der Waals surface area contributed by atoms with Gasteiger partial charge in [-0.05, 0) is 30.7 Å². The van der Waals surface area contributed by atoms with Crippen molar-refractivity contribution in [3.05, 3.63) is 88.0 Å². The summed E-state index contributed by atoms with van der Waals surface area (Å²) in [5.74, 6) is -2.83. The molecule has 3 aromatic heterocycles. The fourth-order valence-corrected chi connectivity index (χ4v) is 10.1. The number of carboxylic acid groups (broad SMARTS) is 2. The number of carboxylic acids is 2. The number of aliphatic carboxylic acids is 2. The minimum absolute atomic E-state index is 0.00786. The van der Waals surface area contributed by atoms with E-state index >= 15 is 0 Å². The molecule has 0 unspecified atom stereocenters. The zero-order chi connectivity index (χ0) is 38.1. The van der Waals surface area contributed by atoms with Crippen molar-refractivity contribution >= 4 is 85.2 Å². The number of aromatic nitrogens is 3. The molecule has 0 aliphatic carbocycles. The molecule has 270 valence electrons. The molecule has 0 atom stereocenters. The van der Waals surface area contributed by atoms with Crippen LogP contribution in [0.5, 0.6) is 5.75 Å². The first-order chi connectivity index (χ1) is 24.6. The van der Waals surface area contributed by atoms with Gasteiger partial charge in [0.1, 0.15) is 54.0 Å². The van der Waals surface area contributed by atoms with E-state index in [0.29, 0.717) is 39.1 Å². The number of nitrogens with zero attached hydrogens (tertiary/aromatic N) is 6. The van der Waals surface area contributed by atoms with Crippen LogP contribution in [0, 0.1) is 41.1 Å². The van der Waals surface area contributed by atoms with Gasteiger partial charge in [-0.1, -0.05) is 11.8 Å². The first-order valence-corrected chi connectivity index (χ1v) is 19.4. The molecule has 0 bridgehead atoms. The summed E-state index contributed by atoms with van der Waals surface area (Å²) in [6.45, 7) is -1.61. The third kappa shape index (κ3) is 7.67. The van der Waals surface area contributed by atoms with Crippen molar-refractivity contribution < 1.29 is 37.5 Å². The van der Waals surface area contributed by atoms with Gasteiger partial charge >= 0.3 is 11.9 Å². The smallest absolute Gasteiger partial charge is 0.323 e. The van der Waals surface area contributed by atoms with Crippen LogP contribution in [0.25, 0.3) is 11.6 Å². The minimum Gasteiger partial charge on any atom is -0.497 e. The largest absolute Gasteiger partial charge is 0.497 e. The maximum atomic E-state index is 13.8. The number of allylic oxidation sites excluding steroid dienone is 1. The van der Waals surface area contributed by atoms with E-state index in [1.807, 2.05) is 0 Å². The monoisotopic (exact) mass is 804 g/mol. The summed E-state index contributed by atoms with van der Waals surface area (Å²) in [6.07, 6.45) is 3.01. The Morgan fingerprint density at radius 2 is 1.54 bits per heavy atom. The molecule has 0 saturated carbocycles. The molecule has 0 saturated heterocycles. The molecule has 4 aromatic rings. The molecule has 1 aliphatic rings. The highest BCUT2D eigenvalue weighted by Gasteiger charge is 2.26. The standard InChI is InChI=1S/C30H24N6O11S5/c1-33-26(42)23(50-28(33)15(11-31)12-32)30-36(14-22(39)40)27(43)24(51-30)29-35(13-21(37)38)25(41)19(49-29)6-7-20-34(8-3-9-52(44,45)46)17-10-16(47-2)4-5-18(17)48-20/h4-7,10H,3,8-9,13-14H2,1-2H3,(H,37,38)(H,39,40)(H,44,45,46)/b19-6?,20-7?,29-24+,30-23+. The van der Waals surface area contributed by atoms with E-state index in [9.17, 15) is 57.7 Å². The van der Waals surface area contributed by atoms with Crippen LogP contribution >= 0.6 is 45.8 Å². The second-order valence-electron chi connectivity index (χ2n) is 10.7. The lowest BCUT2D eigenvalue weighted by Gasteiger charge is -2.20. The first kappa shape index (κ1) is 38.0. The summed E-state index contributed by atoms with van der Waals surface area (Å²) in [5, 5.41) is 38.6. The molecular formula is C30H24N6O11S5. The number of ether oxygens (including phenoxy) is 1. The molecule has 1 aliphatic heterocycles. The van der Waals surface area contributed by atoms with E-state index in [-0.39, 0.29) is 46.1 Å². The maximum absolute atomic E-state index is 13.8. The first-order valence-electron chi connectivity index (χ1n) is 14.5. The van der Waals surface area contributed by atoms with Gasteiger partial charge in [-0.3, -0.25) is 37.7 Å². The summed E-state index contributed by atoms with van der Waals surface area (Å²) < 4.78 is 39.4. The van der Waals surface area contributed by atoms with Gasteiger partial charge < -0.3 is 24.4 Å². The van der Waals surface area contributed by atoms with Crippen LogP contribution < -0.4 is 35.5 Å². The van der Waals surface area contributed by atoms with Gasteiger partial charge in [0.15, 0.2) is 5.57 Å². The van der Waals surface area contributed by atoms with E-state index < -0.39 is 57.6 Å². The third-order valence-corrected chi connectivity index (χ3v) is 13.1. The van der Waals surface area contributed by atoms with Crippen molar-refractivity contribution in [1.29, 1.82) is 10.5 Å². The topological polar surface area (TPSA) is 255 Å². The normalized spacial score (nSPS) is 15.0. The Kier molecular flexibility index (Phi) is 11.1. The molecule has 3 N–H and O–H groups in total. The molecule has 0 amide bonds. The Hall–Kier alpha value is -5.23. The molecule has 4 heterocycles. The van der Waals surface area contributed by atoms with Gasteiger partial charge in [-0.25, -0.2) is 0 Å². The van der Waals surface area contributed by atoms with E-state index in [2.05, 4.69) is 0 Å². The molecule has 5 rings (SSSR count). The highest BCUT2D eigenvalue weighted by molar-refractivity contribution is 8.03. The Morgan fingerprint density at radius 3 is 2.13 bits per heavy atom. The van der Waals surface area contributed by atoms with Gasteiger partial charge in [0.2, 0.25) is 0 Å². The third-order valence-electron chi connectivity index (χ3n) is 7.30. The van der Waals surface area contributed by atoms with Crippen molar-refractivity contribution in [3.8, 4) is 17.9 Å². The SMILES string of the molecule is COc1ccc2c(c1)N(CCCS(=O)(=O)O)C(=CC=c1s/c(=c3/s/c(=c4/sc(=C(C#N)C#N)n(C)c4=O)n(CC(=O)O)c3=O)n(CC(=O)O)c1=O)S2. The highest BCUT2D eigenvalue weighted by atomic mass is 32.2. The summed E-state index contributed by atoms with van der Waals surface area (Å²) in [4.78, 5) is 67.0. The lowest BCUT2D eigenvalue weighted by Crippen LogP contribution is -2.30. The molecule has 52 heavy (non-hydrogen) atoms. The minimum atomic E-state index is -4.24. The van der Waals surface area contributed by atoms with Crippen LogP contribution in [-0.4, -0.2) is 68.2 Å². The Labute approximate surface area is 307 Å². The van der Waals surface area contributed by atoms with Crippen LogP contribution in [-0.2, 0) is 39.8 Å². The number of thioether (sulfide) groups is 1. The summed E-state index contributed by atoms with van der Waals surface area (Å²) in [5.41, 5.74) is -2.14. The fraction of sp³-hybridized carbons (Fsp3) is 0.233. The number of hydrogen-bond acceptors (Lipinski definition) is 15. The number of methoxy groups -OCH3 is 1. The van der Waals surface area contributed by atoms with Crippen molar-refractivity contribution in [3.63, 3.8) is 0 Å². The van der Waals surface area contributed by atoms with Crippen molar-refractivity contribution in [2.75, 3.05) is 24.3 Å². The predicted octanol–water partition coefficient (Wildman–Crippen LogP) is 0.355. The van der Waals surface area contributed by atoms with Crippen LogP contribution in [0.15, 0.2) is 48.6 Å². The quantitative estimate of drug-likeness (QED) is 0.183. The average Bonchev–Trinajstić information content (AvgIpc) is 3.77. The van der Waals surface area contributed by atoms with Crippen molar-refractivity contribution in [2.24, 2.45) is 7.05 Å². The van der Waals surface area contributed by atoms with E-state index in [1.54, 1.807) is 41.3 Å². The average molecular weight is 805 g/mol. The van der Waals surface area contributed by atoms with Gasteiger partial charge in [0.25, 0.3) is 26.8 Å². The Balaban J connectivity index is 1.82. The zero-order valence-corrected chi connectivity index (χ0v) is 30.8.